The molecule has 0 bridgehead atoms. The maximum Gasteiger partial charge on any atom is 0.119 e. The van der Waals surface area contributed by atoms with Gasteiger partial charge in [0.2, 0.25) is 0 Å². The van der Waals surface area contributed by atoms with Gasteiger partial charge in [-0.15, -0.1) is 11.6 Å². The van der Waals surface area contributed by atoms with Crippen LogP contribution in [-0.4, -0.2) is 33.4 Å². The molecule has 1 aliphatic carbocycles. The molecular weight excluding hydrogens is 180 g/mol. The van der Waals surface area contributed by atoms with E-state index < -0.39 is 11.5 Å². The van der Waals surface area contributed by atoms with Crippen LogP contribution in [-0.2, 0) is 0 Å². The summed E-state index contributed by atoms with van der Waals surface area (Å²) in [6.07, 6.45) is 0.359. The van der Waals surface area contributed by atoms with Gasteiger partial charge in [-0.05, 0) is 18.6 Å². The Kier molecular flexibility index (Phi) is 2.77. The normalized spacial score (nSPS) is 30.5. The molecule has 0 aromatic heterocycles. The Hall–Kier alpha value is -0.510. The van der Waals surface area contributed by atoms with Gasteiger partial charge in [0.25, 0.3) is 0 Å². The fourth-order valence-electron chi connectivity index (χ4n) is 1.18. The van der Waals surface area contributed by atoms with Gasteiger partial charge < -0.3 is 15.3 Å². The summed E-state index contributed by atoms with van der Waals surface area (Å²) in [5.41, 5.74) is 1.02. The summed E-state index contributed by atoms with van der Waals surface area (Å²) in [5.74, 6) is -0.0839. The van der Waals surface area contributed by atoms with Crippen LogP contribution in [0.25, 0.3) is 0 Å². The van der Waals surface area contributed by atoms with Crippen molar-refractivity contribution in [3.8, 4) is 0 Å². The van der Waals surface area contributed by atoms with E-state index in [1.54, 1.807) is 6.92 Å². The van der Waals surface area contributed by atoms with Gasteiger partial charge in [0.15, 0.2) is 0 Å². The molecule has 1 rings (SSSR count). The molecule has 2 atom stereocenters. The van der Waals surface area contributed by atoms with Crippen molar-refractivity contribution < 1.29 is 15.3 Å². The summed E-state index contributed by atoms with van der Waals surface area (Å²) in [7, 11) is 0. The second kappa shape index (κ2) is 3.47. The molecule has 1 aliphatic rings. The maximum absolute atomic E-state index is 9.25. The van der Waals surface area contributed by atoms with Crippen molar-refractivity contribution in [3.05, 3.63) is 23.0 Å². The first-order valence-corrected chi connectivity index (χ1v) is 4.05. The molecule has 12 heavy (non-hydrogen) atoms. The maximum atomic E-state index is 9.25. The minimum absolute atomic E-state index is 0.0839. The van der Waals surface area contributed by atoms with Gasteiger partial charge in [-0.1, -0.05) is 0 Å². The molecule has 0 spiro atoms. The Bertz CT molecular complexity index is 245. The van der Waals surface area contributed by atoms with E-state index in [1.165, 1.54) is 6.08 Å². The molecule has 0 amide bonds. The largest absolute Gasteiger partial charge is 0.508 e. The molecule has 68 valence electrons. The van der Waals surface area contributed by atoms with Gasteiger partial charge in [0, 0.05) is 5.57 Å². The second-order valence-corrected chi connectivity index (χ2v) is 3.23. The second-order valence-electron chi connectivity index (χ2n) is 2.76. The number of rotatable bonds is 1. The summed E-state index contributed by atoms with van der Waals surface area (Å²) in [4.78, 5) is 0. The minimum Gasteiger partial charge on any atom is -0.508 e. The molecule has 0 aliphatic heterocycles. The third kappa shape index (κ3) is 1.48. The summed E-state index contributed by atoms with van der Waals surface area (Å²) < 4.78 is 0. The summed E-state index contributed by atoms with van der Waals surface area (Å²) >= 11 is 5.78. The van der Waals surface area contributed by atoms with Crippen LogP contribution in [0.5, 0.6) is 0 Å². The fraction of sp³-hybridized carbons (Fsp3) is 0.500. The van der Waals surface area contributed by atoms with Crippen LogP contribution in [0.3, 0.4) is 0 Å². The zero-order valence-electron chi connectivity index (χ0n) is 6.66. The first-order chi connectivity index (χ1) is 5.57. The molecule has 0 saturated heterocycles. The number of hydrogen-bond donors (Lipinski definition) is 3. The van der Waals surface area contributed by atoms with E-state index in [-0.39, 0.29) is 12.4 Å². The Morgan fingerprint density at radius 1 is 1.58 bits per heavy atom. The van der Waals surface area contributed by atoms with Crippen molar-refractivity contribution in [2.24, 2.45) is 0 Å². The van der Waals surface area contributed by atoms with E-state index in [2.05, 4.69) is 0 Å². The van der Waals surface area contributed by atoms with E-state index in [9.17, 15) is 10.2 Å². The topological polar surface area (TPSA) is 60.7 Å². The molecule has 0 saturated carbocycles. The van der Waals surface area contributed by atoms with E-state index in [0.29, 0.717) is 11.1 Å². The highest BCUT2D eigenvalue weighted by Crippen LogP contribution is 2.27. The lowest BCUT2D eigenvalue weighted by molar-refractivity contribution is 0.212. The first-order valence-electron chi connectivity index (χ1n) is 3.61. The number of aliphatic hydroxyl groups is 3. The molecule has 4 heteroatoms. The van der Waals surface area contributed by atoms with Crippen molar-refractivity contribution in [2.75, 3.05) is 6.61 Å². The van der Waals surface area contributed by atoms with Gasteiger partial charge >= 0.3 is 0 Å². The van der Waals surface area contributed by atoms with Crippen LogP contribution in [0.4, 0.5) is 0 Å². The lowest BCUT2D eigenvalue weighted by Crippen LogP contribution is -2.26. The molecule has 0 aromatic rings. The fourth-order valence-corrected chi connectivity index (χ4v) is 1.38. The molecule has 3 nitrogen and oxygen atoms in total. The van der Waals surface area contributed by atoms with Crippen molar-refractivity contribution in [2.45, 2.75) is 18.4 Å². The van der Waals surface area contributed by atoms with Crippen LogP contribution >= 0.6 is 11.6 Å². The quantitative estimate of drug-likeness (QED) is 0.534. The summed E-state index contributed by atoms with van der Waals surface area (Å²) in [6, 6.07) is 0. The third-order valence-electron chi connectivity index (χ3n) is 1.99. The zero-order chi connectivity index (χ0) is 9.30. The van der Waals surface area contributed by atoms with Crippen molar-refractivity contribution >= 4 is 11.6 Å². The molecule has 2 unspecified atom stereocenters. The summed E-state index contributed by atoms with van der Waals surface area (Å²) in [6.45, 7) is 1.42. The SMILES string of the molecule is CC1=C(CO)C(O)=CC(O)C1Cl. The highest BCUT2D eigenvalue weighted by atomic mass is 35.5. The average Bonchev–Trinajstić information content (AvgIpc) is 2.01. The Balaban J connectivity index is 3.03. The smallest absolute Gasteiger partial charge is 0.119 e. The van der Waals surface area contributed by atoms with Crippen LogP contribution in [0, 0.1) is 0 Å². The average molecular weight is 191 g/mol. The highest BCUT2D eigenvalue weighted by Gasteiger charge is 2.25. The van der Waals surface area contributed by atoms with Crippen LogP contribution in [0.2, 0.25) is 0 Å². The molecular formula is C8H11ClO3. The number of halogens is 1. The van der Waals surface area contributed by atoms with Gasteiger partial charge in [-0.3, -0.25) is 0 Å². The van der Waals surface area contributed by atoms with Gasteiger partial charge in [0.05, 0.1) is 18.1 Å². The third-order valence-corrected chi connectivity index (χ3v) is 2.57. The van der Waals surface area contributed by atoms with E-state index >= 15 is 0 Å². The van der Waals surface area contributed by atoms with Gasteiger partial charge in [-0.25, -0.2) is 0 Å². The molecule has 3 N–H and O–H groups in total. The van der Waals surface area contributed by atoms with Gasteiger partial charge in [-0.2, -0.15) is 0 Å². The number of aliphatic hydroxyl groups excluding tert-OH is 3. The minimum atomic E-state index is -0.873. The lowest BCUT2D eigenvalue weighted by atomic mass is 9.95. The van der Waals surface area contributed by atoms with Crippen LogP contribution in [0.15, 0.2) is 23.0 Å². The van der Waals surface area contributed by atoms with Crippen LogP contribution in [0.1, 0.15) is 6.92 Å². The molecule has 0 fully saturated rings. The van der Waals surface area contributed by atoms with Crippen molar-refractivity contribution in [1.29, 1.82) is 0 Å². The molecule has 0 aromatic carbocycles. The zero-order valence-corrected chi connectivity index (χ0v) is 7.41. The van der Waals surface area contributed by atoms with Crippen molar-refractivity contribution in [1.82, 2.24) is 0 Å². The van der Waals surface area contributed by atoms with E-state index in [0.717, 1.165) is 0 Å². The first kappa shape index (κ1) is 9.58. The number of hydrogen-bond acceptors (Lipinski definition) is 3. The Labute approximate surface area is 75.6 Å². The van der Waals surface area contributed by atoms with E-state index in [1.807, 2.05) is 0 Å². The van der Waals surface area contributed by atoms with E-state index in [4.69, 9.17) is 16.7 Å². The van der Waals surface area contributed by atoms with Crippen LogP contribution < -0.4 is 0 Å². The van der Waals surface area contributed by atoms with Gasteiger partial charge in [0.1, 0.15) is 5.76 Å². The number of alkyl halides is 1. The highest BCUT2D eigenvalue weighted by molar-refractivity contribution is 6.23. The predicted molar refractivity (Wildman–Crippen MR) is 46.1 cm³/mol. The van der Waals surface area contributed by atoms with Crippen molar-refractivity contribution in [3.63, 3.8) is 0 Å². The standard InChI is InChI=1S/C8H11ClO3/c1-4-5(3-10)6(11)2-7(12)8(4)9/h2,7-8,10-12H,3H2,1H3. The molecule has 0 heterocycles. The lowest BCUT2D eigenvalue weighted by Gasteiger charge is -2.23. The monoisotopic (exact) mass is 190 g/mol. The Morgan fingerprint density at radius 2 is 2.17 bits per heavy atom. The predicted octanol–water partition coefficient (Wildman–Crippen LogP) is 0.719. The Morgan fingerprint density at radius 3 is 2.67 bits per heavy atom. The molecule has 0 radical (unpaired) electrons. The summed E-state index contributed by atoms with van der Waals surface area (Å²) in [5, 5.41) is 26.8.